The second-order valence-corrected chi connectivity index (χ2v) is 13.8. The number of hydrogen-bond acceptors (Lipinski definition) is 10. The summed E-state index contributed by atoms with van der Waals surface area (Å²) in [7, 11) is -2.41. The number of halogens is 1. The molecule has 0 aromatic heterocycles. The van der Waals surface area contributed by atoms with Crippen LogP contribution in [-0.2, 0) is 53.8 Å². The zero-order chi connectivity index (χ0) is 30.5. The molecule has 1 fully saturated rings. The Labute approximate surface area is 243 Å². The molecule has 12 heteroatoms. The maximum atomic E-state index is 12.4. The summed E-state index contributed by atoms with van der Waals surface area (Å²) in [5.41, 5.74) is 2.17. The molecule has 0 N–H and O–H groups in total. The fourth-order valence-corrected chi connectivity index (χ4v) is 5.65. The van der Waals surface area contributed by atoms with Gasteiger partial charge in [0.05, 0.1) is 0 Å². The number of carbonyl (C=O) groups excluding carboxylic acids is 4. The van der Waals surface area contributed by atoms with Crippen molar-refractivity contribution in [3.05, 3.63) is 64.2 Å². The Bertz CT molecular complexity index is 1340. The third-order valence-corrected chi connectivity index (χ3v) is 8.25. The highest BCUT2D eigenvalue weighted by Crippen LogP contribution is 2.39. The predicted octanol–water partition coefficient (Wildman–Crippen LogP) is 3.98. The molecule has 1 unspecified atom stereocenters. The second kappa shape index (κ2) is 13.6. The molecule has 3 rings (SSSR count). The molecule has 1 aliphatic rings. The van der Waals surface area contributed by atoms with Crippen molar-refractivity contribution >= 4 is 47.9 Å². The number of carbonyl (C=O) groups is 4. The van der Waals surface area contributed by atoms with E-state index in [1.807, 2.05) is 24.3 Å². The zero-order valence-electron chi connectivity index (χ0n) is 23.8. The van der Waals surface area contributed by atoms with E-state index in [1.165, 1.54) is 27.7 Å². The molecule has 0 radical (unpaired) electrons. The molecule has 0 amide bonds. The molecule has 5 atom stereocenters. The van der Waals surface area contributed by atoms with Crippen LogP contribution in [0.4, 0.5) is 0 Å². The Balaban J connectivity index is 2.05. The lowest BCUT2D eigenvalue weighted by atomic mass is 9.89. The van der Waals surface area contributed by atoms with Crippen LogP contribution < -0.4 is 5.30 Å². The fraction of sp³-hybridized carbons (Fsp3) is 0.448. The number of ether oxygens (including phenoxy) is 5. The van der Waals surface area contributed by atoms with Gasteiger partial charge in [0, 0.05) is 38.0 Å². The van der Waals surface area contributed by atoms with Crippen LogP contribution in [0.15, 0.2) is 42.5 Å². The Kier molecular flexibility index (Phi) is 10.8. The first-order valence-electron chi connectivity index (χ1n) is 12.9. The summed E-state index contributed by atoms with van der Waals surface area (Å²) in [6.07, 6.45) is -5.38. The maximum Gasteiger partial charge on any atom is 0.303 e. The van der Waals surface area contributed by atoms with Crippen LogP contribution in [0.25, 0.3) is 0 Å². The molecular formula is C29H34ClO10P. The lowest BCUT2D eigenvalue weighted by Gasteiger charge is -2.44. The largest absolute Gasteiger partial charge is 0.463 e. The highest BCUT2D eigenvalue weighted by atomic mass is 35.5. The predicted molar refractivity (Wildman–Crippen MR) is 151 cm³/mol. The van der Waals surface area contributed by atoms with Crippen molar-refractivity contribution in [1.29, 1.82) is 0 Å². The summed E-state index contributed by atoms with van der Waals surface area (Å²) >= 11 is 6.55. The van der Waals surface area contributed by atoms with E-state index in [2.05, 4.69) is 0 Å². The third-order valence-electron chi connectivity index (χ3n) is 6.34. The van der Waals surface area contributed by atoms with Crippen LogP contribution >= 0.6 is 18.7 Å². The van der Waals surface area contributed by atoms with Crippen molar-refractivity contribution in [2.24, 2.45) is 0 Å². The minimum Gasteiger partial charge on any atom is -0.463 e. The Morgan fingerprint density at radius 1 is 0.805 bits per heavy atom. The lowest BCUT2D eigenvalue weighted by molar-refractivity contribution is -0.254. The molecule has 1 saturated heterocycles. The molecule has 0 spiro atoms. The van der Waals surface area contributed by atoms with Crippen LogP contribution in [0.1, 0.15) is 50.5 Å². The first-order valence-corrected chi connectivity index (χ1v) is 15.9. The van der Waals surface area contributed by atoms with E-state index < -0.39 is 61.5 Å². The second-order valence-electron chi connectivity index (χ2n) is 10.2. The maximum absolute atomic E-state index is 12.4. The van der Waals surface area contributed by atoms with Crippen LogP contribution in [0.5, 0.6) is 0 Å². The van der Waals surface area contributed by atoms with Gasteiger partial charge in [-0.1, -0.05) is 48.0 Å². The topological polar surface area (TPSA) is 132 Å². The molecule has 1 heterocycles. The van der Waals surface area contributed by atoms with Gasteiger partial charge in [0.2, 0.25) is 0 Å². The molecule has 41 heavy (non-hydrogen) atoms. The summed E-state index contributed by atoms with van der Waals surface area (Å²) < 4.78 is 40.4. The number of benzene rings is 2. The average Bonchev–Trinajstić information content (AvgIpc) is 2.85. The van der Waals surface area contributed by atoms with E-state index in [1.54, 1.807) is 31.5 Å². The quantitative estimate of drug-likeness (QED) is 0.234. The minimum atomic E-state index is -2.41. The first kappa shape index (κ1) is 32.3. The molecule has 0 saturated carbocycles. The third kappa shape index (κ3) is 8.89. The molecule has 2 aromatic carbocycles. The van der Waals surface area contributed by atoms with Gasteiger partial charge in [0.15, 0.2) is 18.3 Å². The normalized spacial score (nSPS) is 22.4. The van der Waals surface area contributed by atoms with Gasteiger partial charge in [-0.2, -0.15) is 0 Å². The van der Waals surface area contributed by atoms with Gasteiger partial charge in [-0.25, -0.2) is 0 Å². The van der Waals surface area contributed by atoms with Crippen LogP contribution in [0.3, 0.4) is 0 Å². The molecule has 2 aromatic rings. The zero-order valence-corrected chi connectivity index (χ0v) is 25.4. The SMILES string of the molecule is CC(=O)OC[C@H]1OC(c2ccc(Cl)c(Cc3ccc(P(C)(C)=O)cc3)c2)[C@H](OC(C)=O)[C@@H](OC(C)=O)[C@@H]1OC(C)=O. The van der Waals surface area contributed by atoms with Crippen molar-refractivity contribution in [3.8, 4) is 0 Å². The van der Waals surface area contributed by atoms with Gasteiger partial charge in [-0.3, -0.25) is 19.2 Å². The smallest absolute Gasteiger partial charge is 0.303 e. The summed E-state index contributed by atoms with van der Waals surface area (Å²) in [5, 5.41) is 1.23. The standard InChI is InChI=1S/C29H34ClO10P/c1-16(31)36-15-25-27(37-17(2)32)29(39-19(4)34)28(38-18(3)33)26(40-25)21-9-12-24(30)22(14-21)13-20-7-10-23(11-8-20)41(5,6)35/h7-12,14,25-29H,13,15H2,1-6H3/t25-,26?,27-,28+,29+/m1/s1. The first-order chi connectivity index (χ1) is 19.1. The van der Waals surface area contributed by atoms with Gasteiger partial charge in [0.25, 0.3) is 0 Å². The molecule has 1 aliphatic heterocycles. The van der Waals surface area contributed by atoms with Gasteiger partial charge < -0.3 is 28.2 Å². The Hall–Kier alpha value is -3.20. The molecule has 222 valence electrons. The summed E-state index contributed by atoms with van der Waals surface area (Å²) in [6, 6.07) is 12.5. The van der Waals surface area contributed by atoms with E-state index >= 15 is 0 Å². The van der Waals surface area contributed by atoms with Crippen molar-refractivity contribution in [2.75, 3.05) is 19.9 Å². The van der Waals surface area contributed by atoms with E-state index in [9.17, 15) is 23.7 Å². The molecule has 0 bridgehead atoms. The van der Waals surface area contributed by atoms with E-state index in [4.69, 9.17) is 35.3 Å². The lowest BCUT2D eigenvalue weighted by Crippen LogP contribution is -2.59. The molecule has 0 aliphatic carbocycles. The van der Waals surface area contributed by atoms with Gasteiger partial charge in [-0.15, -0.1) is 0 Å². The van der Waals surface area contributed by atoms with Crippen molar-refractivity contribution in [1.82, 2.24) is 0 Å². The summed E-state index contributed by atoms with van der Waals surface area (Å²) in [5.74, 6) is -2.69. The number of hydrogen-bond donors (Lipinski definition) is 0. The fourth-order valence-electron chi connectivity index (χ4n) is 4.60. The summed E-state index contributed by atoms with van der Waals surface area (Å²) in [6.45, 7) is 7.83. The molecular weight excluding hydrogens is 575 g/mol. The van der Waals surface area contributed by atoms with Crippen LogP contribution in [0.2, 0.25) is 5.02 Å². The van der Waals surface area contributed by atoms with Crippen LogP contribution in [0, 0.1) is 0 Å². The van der Waals surface area contributed by atoms with E-state index in [0.717, 1.165) is 16.4 Å². The molecule has 10 nitrogen and oxygen atoms in total. The van der Waals surface area contributed by atoms with Crippen molar-refractivity contribution in [3.63, 3.8) is 0 Å². The van der Waals surface area contributed by atoms with Crippen LogP contribution in [-0.4, -0.2) is 68.2 Å². The number of rotatable bonds is 9. The van der Waals surface area contributed by atoms with Crippen molar-refractivity contribution in [2.45, 2.75) is 64.6 Å². The Morgan fingerprint density at radius 3 is 1.90 bits per heavy atom. The van der Waals surface area contributed by atoms with Gasteiger partial charge in [0.1, 0.15) is 26.0 Å². The van der Waals surface area contributed by atoms with E-state index in [0.29, 0.717) is 17.0 Å². The highest BCUT2D eigenvalue weighted by molar-refractivity contribution is 7.70. The number of esters is 4. The average molecular weight is 609 g/mol. The highest BCUT2D eigenvalue weighted by Gasteiger charge is 2.52. The van der Waals surface area contributed by atoms with E-state index in [-0.39, 0.29) is 6.61 Å². The summed E-state index contributed by atoms with van der Waals surface area (Å²) in [4.78, 5) is 47.9. The Morgan fingerprint density at radius 2 is 1.37 bits per heavy atom. The van der Waals surface area contributed by atoms with Gasteiger partial charge in [-0.05, 0) is 42.5 Å². The minimum absolute atomic E-state index is 0.320. The monoisotopic (exact) mass is 608 g/mol. The van der Waals surface area contributed by atoms with Gasteiger partial charge >= 0.3 is 23.9 Å². The van der Waals surface area contributed by atoms with Crippen molar-refractivity contribution < 1.29 is 47.4 Å².